The van der Waals surface area contributed by atoms with Gasteiger partial charge in [0.25, 0.3) is 0 Å². The smallest absolute Gasteiger partial charge is 0.242 e. The van der Waals surface area contributed by atoms with E-state index in [1.807, 2.05) is 23.2 Å². The maximum atomic E-state index is 12.4. The van der Waals surface area contributed by atoms with E-state index in [2.05, 4.69) is 17.6 Å². The fourth-order valence-corrected chi connectivity index (χ4v) is 4.15. The molecule has 4 rings (SSSR count). The molecule has 2 bridgehead atoms. The van der Waals surface area contributed by atoms with Crippen molar-refractivity contribution in [2.75, 3.05) is 0 Å². The van der Waals surface area contributed by atoms with Crippen LogP contribution in [0.2, 0.25) is 0 Å². The molecular weight excluding hydrogens is 224 g/mol. The molecular formula is C15H18N2O. The first kappa shape index (κ1) is 10.6. The summed E-state index contributed by atoms with van der Waals surface area (Å²) in [5.41, 5.74) is 4.67. The third-order valence-electron chi connectivity index (χ3n) is 4.96. The minimum Gasteiger partial charge on any atom is -0.273 e. The molecule has 1 amide bonds. The molecule has 0 spiro atoms. The molecule has 0 radical (unpaired) electrons. The summed E-state index contributed by atoms with van der Waals surface area (Å²) >= 11 is 0. The molecule has 3 aliphatic rings. The number of carbonyl (C=O) groups excluding carboxylic acids is 1. The summed E-state index contributed by atoms with van der Waals surface area (Å²) in [5.74, 6) is 1.99. The zero-order valence-corrected chi connectivity index (χ0v) is 10.4. The van der Waals surface area contributed by atoms with Crippen LogP contribution in [0.5, 0.6) is 0 Å². The first-order chi connectivity index (χ1) is 8.83. The van der Waals surface area contributed by atoms with Gasteiger partial charge < -0.3 is 0 Å². The van der Waals surface area contributed by atoms with Crippen molar-refractivity contribution < 1.29 is 4.79 Å². The van der Waals surface area contributed by atoms with E-state index in [-0.39, 0.29) is 5.92 Å². The van der Waals surface area contributed by atoms with Crippen LogP contribution in [0.1, 0.15) is 24.8 Å². The van der Waals surface area contributed by atoms with Gasteiger partial charge in [0.1, 0.15) is 0 Å². The molecule has 2 aliphatic carbocycles. The van der Waals surface area contributed by atoms with Gasteiger partial charge in [0, 0.05) is 6.04 Å². The molecule has 94 valence electrons. The van der Waals surface area contributed by atoms with Crippen molar-refractivity contribution in [1.29, 1.82) is 0 Å². The van der Waals surface area contributed by atoms with Crippen LogP contribution >= 0.6 is 0 Å². The summed E-state index contributed by atoms with van der Waals surface area (Å²) in [4.78, 5) is 12.4. The van der Waals surface area contributed by atoms with Crippen LogP contribution in [0.4, 0.5) is 0 Å². The number of hydrogen-bond acceptors (Lipinski definition) is 2. The SMILES string of the molecule is O=C1C2C3CCC(C3)C2NN1Cc1ccccc1. The number of hydrogen-bond donors (Lipinski definition) is 1. The summed E-state index contributed by atoms with van der Waals surface area (Å²) in [6.07, 6.45) is 3.84. The van der Waals surface area contributed by atoms with Crippen LogP contribution in [0.3, 0.4) is 0 Å². The number of hydrazine groups is 1. The Morgan fingerprint density at radius 2 is 1.94 bits per heavy atom. The second kappa shape index (κ2) is 3.82. The Balaban J connectivity index is 1.53. The normalized spacial score (nSPS) is 37.3. The highest BCUT2D eigenvalue weighted by molar-refractivity contribution is 5.82. The number of rotatable bonds is 2. The average molecular weight is 242 g/mol. The van der Waals surface area contributed by atoms with Crippen LogP contribution in [0, 0.1) is 17.8 Å². The average Bonchev–Trinajstić information content (AvgIpc) is 3.06. The van der Waals surface area contributed by atoms with E-state index in [1.165, 1.54) is 24.8 Å². The standard InChI is InChI=1S/C15H18N2O/c18-15-13-11-6-7-12(8-11)14(13)16-17(15)9-10-4-2-1-3-5-10/h1-5,11-14,16H,6-9H2. The number of nitrogens with zero attached hydrogens (tertiary/aromatic N) is 1. The highest BCUT2D eigenvalue weighted by atomic mass is 16.2. The molecule has 3 nitrogen and oxygen atoms in total. The predicted molar refractivity (Wildman–Crippen MR) is 68.2 cm³/mol. The molecule has 1 aromatic carbocycles. The molecule has 4 unspecified atom stereocenters. The van der Waals surface area contributed by atoms with Crippen molar-refractivity contribution in [2.45, 2.75) is 31.8 Å². The minimum atomic E-state index is 0.271. The quantitative estimate of drug-likeness (QED) is 0.859. The highest BCUT2D eigenvalue weighted by Crippen LogP contribution is 2.51. The second-order valence-corrected chi connectivity index (χ2v) is 5.92. The van der Waals surface area contributed by atoms with Gasteiger partial charge in [-0.1, -0.05) is 30.3 Å². The molecule has 1 saturated heterocycles. The maximum absolute atomic E-state index is 12.4. The summed E-state index contributed by atoms with van der Waals surface area (Å²) in [7, 11) is 0. The van der Waals surface area contributed by atoms with E-state index in [0.717, 1.165) is 5.92 Å². The molecule has 3 heteroatoms. The van der Waals surface area contributed by atoms with Crippen LogP contribution < -0.4 is 5.43 Å². The lowest BCUT2D eigenvalue weighted by Crippen LogP contribution is -2.39. The van der Waals surface area contributed by atoms with Gasteiger partial charge in [-0.15, -0.1) is 0 Å². The van der Waals surface area contributed by atoms with Gasteiger partial charge in [-0.3, -0.25) is 9.80 Å². The summed E-state index contributed by atoms with van der Waals surface area (Å²) in [6.45, 7) is 0.701. The van der Waals surface area contributed by atoms with E-state index in [1.54, 1.807) is 0 Å². The Morgan fingerprint density at radius 1 is 1.17 bits per heavy atom. The van der Waals surface area contributed by atoms with Gasteiger partial charge in [-0.05, 0) is 36.7 Å². The lowest BCUT2D eigenvalue weighted by atomic mass is 9.85. The van der Waals surface area contributed by atoms with Crippen molar-refractivity contribution in [1.82, 2.24) is 10.4 Å². The lowest BCUT2D eigenvalue weighted by Gasteiger charge is -2.21. The molecule has 1 N–H and O–H groups in total. The van der Waals surface area contributed by atoms with Crippen molar-refractivity contribution >= 4 is 5.91 Å². The first-order valence-corrected chi connectivity index (χ1v) is 6.94. The zero-order chi connectivity index (χ0) is 12.1. The van der Waals surface area contributed by atoms with E-state index in [9.17, 15) is 4.79 Å². The van der Waals surface area contributed by atoms with Crippen LogP contribution in [-0.4, -0.2) is 17.0 Å². The fourth-order valence-electron chi connectivity index (χ4n) is 4.15. The molecule has 2 saturated carbocycles. The Labute approximate surface area is 107 Å². The summed E-state index contributed by atoms with van der Waals surface area (Å²) in [5, 5.41) is 1.86. The van der Waals surface area contributed by atoms with Crippen LogP contribution in [-0.2, 0) is 11.3 Å². The van der Waals surface area contributed by atoms with Crippen LogP contribution in [0.25, 0.3) is 0 Å². The van der Waals surface area contributed by atoms with Gasteiger partial charge >= 0.3 is 0 Å². The van der Waals surface area contributed by atoms with E-state index >= 15 is 0 Å². The molecule has 4 atom stereocenters. The Bertz CT molecular complexity index is 473. The number of benzene rings is 1. The van der Waals surface area contributed by atoms with Crippen molar-refractivity contribution in [3.8, 4) is 0 Å². The van der Waals surface area contributed by atoms with E-state index in [0.29, 0.717) is 24.4 Å². The lowest BCUT2D eigenvalue weighted by molar-refractivity contribution is -0.134. The summed E-state index contributed by atoms with van der Waals surface area (Å²) in [6, 6.07) is 10.7. The van der Waals surface area contributed by atoms with Crippen molar-refractivity contribution in [2.24, 2.45) is 17.8 Å². The Kier molecular flexibility index (Phi) is 2.24. The minimum absolute atomic E-state index is 0.271. The third kappa shape index (κ3) is 1.43. The molecule has 1 aromatic rings. The van der Waals surface area contributed by atoms with Gasteiger partial charge in [-0.25, -0.2) is 5.43 Å². The number of amides is 1. The second-order valence-electron chi connectivity index (χ2n) is 5.92. The fraction of sp³-hybridized carbons (Fsp3) is 0.533. The van der Waals surface area contributed by atoms with Gasteiger partial charge in [0.05, 0.1) is 12.5 Å². The number of fused-ring (bicyclic) bond motifs is 5. The van der Waals surface area contributed by atoms with E-state index < -0.39 is 0 Å². The highest BCUT2D eigenvalue weighted by Gasteiger charge is 2.56. The maximum Gasteiger partial charge on any atom is 0.242 e. The van der Waals surface area contributed by atoms with Gasteiger partial charge in [0.15, 0.2) is 0 Å². The Hall–Kier alpha value is -1.35. The zero-order valence-electron chi connectivity index (χ0n) is 10.4. The van der Waals surface area contributed by atoms with Crippen molar-refractivity contribution in [3.05, 3.63) is 35.9 Å². The van der Waals surface area contributed by atoms with Crippen molar-refractivity contribution in [3.63, 3.8) is 0 Å². The monoisotopic (exact) mass is 242 g/mol. The number of nitrogens with one attached hydrogen (secondary N) is 1. The largest absolute Gasteiger partial charge is 0.273 e. The molecule has 0 aromatic heterocycles. The van der Waals surface area contributed by atoms with Gasteiger partial charge in [-0.2, -0.15) is 0 Å². The Morgan fingerprint density at radius 3 is 2.72 bits per heavy atom. The topological polar surface area (TPSA) is 32.3 Å². The van der Waals surface area contributed by atoms with Crippen LogP contribution in [0.15, 0.2) is 30.3 Å². The molecule has 1 heterocycles. The molecule has 18 heavy (non-hydrogen) atoms. The first-order valence-electron chi connectivity index (χ1n) is 6.94. The van der Waals surface area contributed by atoms with E-state index in [4.69, 9.17) is 0 Å². The third-order valence-corrected chi connectivity index (χ3v) is 4.96. The molecule has 3 fully saturated rings. The molecule has 1 aliphatic heterocycles. The van der Waals surface area contributed by atoms with Gasteiger partial charge in [0.2, 0.25) is 5.91 Å². The number of carbonyl (C=O) groups is 1. The predicted octanol–water partition coefficient (Wildman–Crippen LogP) is 1.95. The summed E-state index contributed by atoms with van der Waals surface area (Å²) < 4.78 is 0.